The van der Waals surface area contributed by atoms with E-state index in [1.807, 2.05) is 42.7 Å². The van der Waals surface area contributed by atoms with Gasteiger partial charge in [-0.15, -0.1) is 0 Å². The van der Waals surface area contributed by atoms with E-state index < -0.39 is 0 Å². The van der Waals surface area contributed by atoms with Crippen molar-refractivity contribution in [3.8, 4) is 5.75 Å². The van der Waals surface area contributed by atoms with Crippen LogP contribution < -0.4 is 10.1 Å². The Balaban J connectivity index is 2.13. The van der Waals surface area contributed by atoms with Gasteiger partial charge in [0.25, 0.3) is 0 Å². The van der Waals surface area contributed by atoms with Gasteiger partial charge in [-0.1, -0.05) is 19.1 Å². The topological polar surface area (TPSA) is 21.3 Å². The van der Waals surface area contributed by atoms with Gasteiger partial charge in [0.05, 0.1) is 7.11 Å². The molecular formula is C15H22FNOS2. The number of ether oxygens (including phenoxy) is 1. The zero-order chi connectivity index (χ0) is 14.5. The van der Waals surface area contributed by atoms with Crippen LogP contribution >= 0.6 is 23.5 Å². The standard InChI is InChI=1S/C15H22FNOS2/c1-10-15(20-8-7-19-10)12(17-2)9-11-5-4-6-13(18-3)14(11)16/h4-6,10,12,15,17H,7-9H2,1-3H3. The fourth-order valence-corrected chi connectivity index (χ4v) is 5.58. The third-order valence-electron chi connectivity index (χ3n) is 3.71. The summed E-state index contributed by atoms with van der Waals surface area (Å²) in [6, 6.07) is 5.66. The lowest BCUT2D eigenvalue weighted by Gasteiger charge is -2.34. The quantitative estimate of drug-likeness (QED) is 0.900. The number of rotatable bonds is 5. The molecule has 3 atom stereocenters. The molecule has 1 heterocycles. The summed E-state index contributed by atoms with van der Waals surface area (Å²) in [6.07, 6.45) is 0.697. The molecule has 3 unspecified atom stereocenters. The fourth-order valence-electron chi connectivity index (χ4n) is 2.58. The van der Waals surface area contributed by atoms with E-state index in [0.717, 1.165) is 5.56 Å². The van der Waals surface area contributed by atoms with Gasteiger partial charge in [0, 0.05) is 28.0 Å². The number of halogens is 1. The highest BCUT2D eigenvalue weighted by Gasteiger charge is 2.30. The minimum atomic E-state index is -0.226. The van der Waals surface area contributed by atoms with Crippen LogP contribution in [0.3, 0.4) is 0 Å². The zero-order valence-corrected chi connectivity index (χ0v) is 13.8. The Kier molecular flexibility index (Phi) is 6.05. The minimum absolute atomic E-state index is 0.226. The maximum absolute atomic E-state index is 14.3. The second-order valence-corrected chi connectivity index (χ2v) is 7.72. The predicted octanol–water partition coefficient (Wildman–Crippen LogP) is 3.20. The maximum Gasteiger partial charge on any atom is 0.168 e. The van der Waals surface area contributed by atoms with Crippen LogP contribution in [0.2, 0.25) is 0 Å². The number of likely N-dealkylation sites (N-methyl/N-ethyl adjacent to an activating group) is 1. The van der Waals surface area contributed by atoms with Crippen LogP contribution in [-0.2, 0) is 6.42 Å². The maximum atomic E-state index is 14.3. The fraction of sp³-hybridized carbons (Fsp3) is 0.600. The lowest BCUT2D eigenvalue weighted by Crippen LogP contribution is -2.44. The molecule has 20 heavy (non-hydrogen) atoms. The van der Waals surface area contributed by atoms with E-state index in [1.54, 1.807) is 6.07 Å². The van der Waals surface area contributed by atoms with Crippen molar-refractivity contribution in [1.29, 1.82) is 0 Å². The first-order valence-electron chi connectivity index (χ1n) is 6.89. The Morgan fingerprint density at radius 2 is 2.15 bits per heavy atom. The molecule has 1 N–H and O–H groups in total. The summed E-state index contributed by atoms with van der Waals surface area (Å²) in [7, 11) is 3.47. The molecule has 0 aliphatic carbocycles. The lowest BCUT2D eigenvalue weighted by molar-refractivity contribution is 0.382. The summed E-state index contributed by atoms with van der Waals surface area (Å²) < 4.78 is 19.3. The third-order valence-corrected chi connectivity index (χ3v) is 6.96. The monoisotopic (exact) mass is 315 g/mol. The number of nitrogens with one attached hydrogen (secondary N) is 1. The van der Waals surface area contributed by atoms with Crippen molar-refractivity contribution >= 4 is 23.5 Å². The van der Waals surface area contributed by atoms with Gasteiger partial charge in [0.15, 0.2) is 11.6 Å². The van der Waals surface area contributed by atoms with Gasteiger partial charge in [-0.3, -0.25) is 0 Å². The molecule has 0 saturated carbocycles. The van der Waals surface area contributed by atoms with Crippen LogP contribution in [0.5, 0.6) is 5.75 Å². The second kappa shape index (κ2) is 7.57. The van der Waals surface area contributed by atoms with E-state index >= 15 is 0 Å². The molecular weight excluding hydrogens is 293 g/mol. The summed E-state index contributed by atoms with van der Waals surface area (Å²) in [5.74, 6) is 2.50. The first kappa shape index (κ1) is 16.0. The van der Waals surface area contributed by atoms with E-state index in [2.05, 4.69) is 12.2 Å². The normalized spacial score (nSPS) is 24.4. The Morgan fingerprint density at radius 3 is 2.80 bits per heavy atom. The Hall–Kier alpha value is -0.390. The van der Waals surface area contributed by atoms with Crippen molar-refractivity contribution in [2.45, 2.75) is 29.9 Å². The van der Waals surface area contributed by atoms with Gasteiger partial charge < -0.3 is 10.1 Å². The van der Waals surface area contributed by atoms with Crippen molar-refractivity contribution < 1.29 is 9.13 Å². The molecule has 1 aliphatic heterocycles. The Morgan fingerprint density at radius 1 is 1.40 bits per heavy atom. The Labute approximate surface area is 129 Å². The molecule has 0 radical (unpaired) electrons. The molecule has 112 valence electrons. The van der Waals surface area contributed by atoms with Gasteiger partial charge in [0.1, 0.15) is 0 Å². The van der Waals surface area contributed by atoms with Crippen LogP contribution in [0.4, 0.5) is 4.39 Å². The van der Waals surface area contributed by atoms with Crippen molar-refractivity contribution in [3.05, 3.63) is 29.6 Å². The van der Waals surface area contributed by atoms with E-state index in [0.29, 0.717) is 22.7 Å². The molecule has 0 bridgehead atoms. The highest BCUT2D eigenvalue weighted by Crippen LogP contribution is 2.34. The van der Waals surface area contributed by atoms with Gasteiger partial charge in [-0.25, -0.2) is 4.39 Å². The molecule has 2 rings (SSSR count). The first-order valence-corrected chi connectivity index (χ1v) is 8.99. The number of thioether (sulfide) groups is 2. The number of hydrogen-bond donors (Lipinski definition) is 1. The average molecular weight is 315 g/mol. The van der Waals surface area contributed by atoms with Crippen molar-refractivity contribution in [1.82, 2.24) is 5.32 Å². The molecule has 0 spiro atoms. The van der Waals surface area contributed by atoms with Crippen LogP contribution in [-0.4, -0.2) is 42.2 Å². The highest BCUT2D eigenvalue weighted by molar-refractivity contribution is 8.07. The molecule has 0 amide bonds. The van der Waals surface area contributed by atoms with E-state index in [9.17, 15) is 4.39 Å². The van der Waals surface area contributed by atoms with Crippen molar-refractivity contribution in [3.63, 3.8) is 0 Å². The average Bonchev–Trinajstić information content (AvgIpc) is 2.47. The molecule has 1 aromatic carbocycles. The number of methoxy groups -OCH3 is 1. The first-order chi connectivity index (χ1) is 9.67. The van der Waals surface area contributed by atoms with Crippen LogP contribution in [0, 0.1) is 5.82 Å². The Bertz CT molecular complexity index is 444. The van der Waals surface area contributed by atoms with Gasteiger partial charge >= 0.3 is 0 Å². The summed E-state index contributed by atoms with van der Waals surface area (Å²) >= 11 is 4.02. The van der Waals surface area contributed by atoms with Crippen molar-refractivity contribution in [2.75, 3.05) is 25.7 Å². The second-order valence-electron chi connectivity index (χ2n) is 4.94. The molecule has 1 aromatic rings. The van der Waals surface area contributed by atoms with E-state index in [-0.39, 0.29) is 11.9 Å². The highest BCUT2D eigenvalue weighted by atomic mass is 32.2. The molecule has 2 nitrogen and oxygen atoms in total. The molecule has 5 heteroatoms. The molecule has 1 fully saturated rings. The largest absolute Gasteiger partial charge is 0.494 e. The number of hydrogen-bond acceptors (Lipinski definition) is 4. The van der Waals surface area contributed by atoms with Crippen LogP contribution in [0.1, 0.15) is 12.5 Å². The third kappa shape index (κ3) is 3.62. The molecule has 0 aromatic heterocycles. The smallest absolute Gasteiger partial charge is 0.168 e. The van der Waals surface area contributed by atoms with Crippen molar-refractivity contribution in [2.24, 2.45) is 0 Å². The van der Waals surface area contributed by atoms with Gasteiger partial charge in [-0.2, -0.15) is 23.5 Å². The summed E-state index contributed by atoms with van der Waals surface area (Å²) in [4.78, 5) is 0. The number of benzene rings is 1. The SMILES string of the molecule is CNC(Cc1cccc(OC)c1F)C1SCCSC1C. The lowest BCUT2D eigenvalue weighted by atomic mass is 10.0. The molecule has 1 aliphatic rings. The van der Waals surface area contributed by atoms with E-state index in [1.165, 1.54) is 18.6 Å². The van der Waals surface area contributed by atoms with Gasteiger partial charge in [-0.05, 0) is 25.1 Å². The van der Waals surface area contributed by atoms with Gasteiger partial charge in [0.2, 0.25) is 0 Å². The summed E-state index contributed by atoms with van der Waals surface area (Å²) in [5, 5.41) is 4.49. The van der Waals surface area contributed by atoms with E-state index in [4.69, 9.17) is 4.74 Å². The summed E-state index contributed by atoms with van der Waals surface area (Å²) in [6.45, 7) is 2.27. The minimum Gasteiger partial charge on any atom is -0.494 e. The van der Waals surface area contributed by atoms with Crippen LogP contribution in [0.25, 0.3) is 0 Å². The van der Waals surface area contributed by atoms with Crippen LogP contribution in [0.15, 0.2) is 18.2 Å². The zero-order valence-electron chi connectivity index (χ0n) is 12.2. The summed E-state index contributed by atoms with van der Waals surface area (Å²) in [5.41, 5.74) is 0.729. The molecule has 1 saturated heterocycles. The predicted molar refractivity (Wildman–Crippen MR) is 87.7 cm³/mol.